The standard InChI is InChI=1S/C18H23Cl2NO3/c1-12(18(23)21-16-11-14(19)8-9-15(16)20)24-17(22)10-7-13-5-3-2-4-6-13/h8-9,11-13H,2-7,10H2,1H3,(H,21,23)/t12-/m1/s1. The number of hydrogen-bond acceptors (Lipinski definition) is 3. The summed E-state index contributed by atoms with van der Waals surface area (Å²) < 4.78 is 5.22. The predicted molar refractivity (Wildman–Crippen MR) is 96.5 cm³/mol. The van der Waals surface area contributed by atoms with Crippen LogP contribution in [0.5, 0.6) is 0 Å². The van der Waals surface area contributed by atoms with E-state index in [1.54, 1.807) is 25.1 Å². The Labute approximate surface area is 152 Å². The first kappa shape index (κ1) is 19.1. The van der Waals surface area contributed by atoms with E-state index in [0.717, 1.165) is 6.42 Å². The van der Waals surface area contributed by atoms with Crippen LogP contribution in [-0.2, 0) is 14.3 Å². The first-order valence-electron chi connectivity index (χ1n) is 8.41. The monoisotopic (exact) mass is 371 g/mol. The molecule has 1 fully saturated rings. The van der Waals surface area contributed by atoms with E-state index in [1.807, 2.05) is 0 Å². The van der Waals surface area contributed by atoms with Gasteiger partial charge in [-0.05, 0) is 37.5 Å². The fourth-order valence-corrected chi connectivity index (χ4v) is 3.27. The average molecular weight is 372 g/mol. The van der Waals surface area contributed by atoms with Crippen LogP contribution in [0.4, 0.5) is 5.69 Å². The van der Waals surface area contributed by atoms with Crippen molar-refractivity contribution in [2.24, 2.45) is 5.92 Å². The Bertz CT molecular complexity index is 586. The number of amides is 1. The summed E-state index contributed by atoms with van der Waals surface area (Å²) in [6.45, 7) is 1.55. The van der Waals surface area contributed by atoms with E-state index in [1.165, 1.54) is 32.1 Å². The van der Waals surface area contributed by atoms with Gasteiger partial charge in [-0.15, -0.1) is 0 Å². The molecule has 2 rings (SSSR count). The number of nitrogens with one attached hydrogen (secondary N) is 1. The van der Waals surface area contributed by atoms with Crippen molar-refractivity contribution in [1.82, 2.24) is 0 Å². The van der Waals surface area contributed by atoms with Crippen LogP contribution in [-0.4, -0.2) is 18.0 Å². The molecule has 1 amide bonds. The van der Waals surface area contributed by atoms with Gasteiger partial charge in [0.2, 0.25) is 0 Å². The highest BCUT2D eigenvalue weighted by Gasteiger charge is 2.20. The molecule has 1 saturated carbocycles. The molecular weight excluding hydrogens is 349 g/mol. The molecule has 0 heterocycles. The van der Waals surface area contributed by atoms with Gasteiger partial charge in [-0.25, -0.2) is 0 Å². The van der Waals surface area contributed by atoms with E-state index in [-0.39, 0.29) is 5.97 Å². The smallest absolute Gasteiger partial charge is 0.306 e. The lowest BCUT2D eigenvalue weighted by atomic mass is 9.86. The highest BCUT2D eigenvalue weighted by Crippen LogP contribution is 2.28. The lowest BCUT2D eigenvalue weighted by Gasteiger charge is -2.21. The van der Waals surface area contributed by atoms with Gasteiger partial charge in [-0.3, -0.25) is 9.59 Å². The molecule has 0 saturated heterocycles. The number of anilines is 1. The van der Waals surface area contributed by atoms with Gasteiger partial charge in [0.25, 0.3) is 5.91 Å². The number of esters is 1. The molecule has 0 aromatic heterocycles. The normalized spacial score (nSPS) is 16.5. The maximum atomic E-state index is 12.1. The average Bonchev–Trinajstić information content (AvgIpc) is 2.57. The SMILES string of the molecule is C[C@@H](OC(=O)CCC1CCCCC1)C(=O)Nc1cc(Cl)ccc1Cl. The Hall–Kier alpha value is -1.26. The van der Waals surface area contributed by atoms with Crippen molar-refractivity contribution in [3.8, 4) is 0 Å². The van der Waals surface area contributed by atoms with Gasteiger partial charge in [-0.2, -0.15) is 0 Å². The van der Waals surface area contributed by atoms with Crippen LogP contribution >= 0.6 is 23.2 Å². The fourth-order valence-electron chi connectivity index (χ4n) is 2.94. The van der Waals surface area contributed by atoms with Gasteiger partial charge in [-0.1, -0.05) is 55.3 Å². The second-order valence-electron chi connectivity index (χ2n) is 6.29. The second-order valence-corrected chi connectivity index (χ2v) is 7.13. The molecule has 1 atom stereocenters. The summed E-state index contributed by atoms with van der Waals surface area (Å²) >= 11 is 11.9. The topological polar surface area (TPSA) is 55.4 Å². The molecule has 0 radical (unpaired) electrons. The lowest BCUT2D eigenvalue weighted by molar-refractivity contribution is -0.153. The molecular formula is C18H23Cl2NO3. The summed E-state index contributed by atoms with van der Waals surface area (Å²) in [4.78, 5) is 24.1. The summed E-state index contributed by atoms with van der Waals surface area (Å²) in [6, 6.07) is 4.79. The molecule has 0 spiro atoms. The molecule has 1 aliphatic rings. The Morgan fingerprint density at radius 1 is 1.25 bits per heavy atom. The van der Waals surface area contributed by atoms with Crippen LogP contribution < -0.4 is 5.32 Å². The summed E-state index contributed by atoms with van der Waals surface area (Å²) in [5.74, 6) is -0.147. The minimum absolute atomic E-state index is 0.333. The summed E-state index contributed by atoms with van der Waals surface area (Å²) in [5.41, 5.74) is 0.402. The molecule has 0 aliphatic heterocycles. The number of hydrogen-bond donors (Lipinski definition) is 1. The Morgan fingerprint density at radius 3 is 2.67 bits per heavy atom. The van der Waals surface area contributed by atoms with E-state index < -0.39 is 12.0 Å². The van der Waals surface area contributed by atoms with Crippen LogP contribution in [0.25, 0.3) is 0 Å². The summed E-state index contributed by atoms with van der Waals surface area (Å²) in [6.07, 6.45) is 6.50. The molecule has 1 aromatic carbocycles. The molecule has 1 aliphatic carbocycles. The van der Waals surface area contributed by atoms with Crippen molar-refractivity contribution in [3.05, 3.63) is 28.2 Å². The van der Waals surface area contributed by atoms with Crippen LogP contribution in [0.1, 0.15) is 51.9 Å². The number of ether oxygens (including phenoxy) is 1. The van der Waals surface area contributed by atoms with Gasteiger partial charge < -0.3 is 10.1 Å². The summed E-state index contributed by atoms with van der Waals surface area (Å²) in [5, 5.41) is 3.47. The van der Waals surface area contributed by atoms with Crippen LogP contribution in [0.3, 0.4) is 0 Å². The van der Waals surface area contributed by atoms with Gasteiger partial charge in [0, 0.05) is 11.4 Å². The van der Waals surface area contributed by atoms with Crippen LogP contribution in [0.15, 0.2) is 18.2 Å². The quantitative estimate of drug-likeness (QED) is 0.696. The lowest BCUT2D eigenvalue weighted by Crippen LogP contribution is -2.30. The Morgan fingerprint density at radius 2 is 1.96 bits per heavy atom. The van der Waals surface area contributed by atoms with Crippen molar-refractivity contribution >= 4 is 40.8 Å². The van der Waals surface area contributed by atoms with Gasteiger partial charge >= 0.3 is 5.97 Å². The second kappa shape index (κ2) is 9.28. The molecule has 6 heteroatoms. The molecule has 0 bridgehead atoms. The third-order valence-electron chi connectivity index (χ3n) is 4.35. The number of carbonyl (C=O) groups is 2. The molecule has 132 valence electrons. The predicted octanol–water partition coefficient (Wildman–Crippen LogP) is 5.22. The summed E-state index contributed by atoms with van der Waals surface area (Å²) in [7, 11) is 0. The van der Waals surface area contributed by atoms with E-state index >= 15 is 0 Å². The number of halogens is 2. The van der Waals surface area contributed by atoms with Crippen molar-refractivity contribution in [1.29, 1.82) is 0 Å². The minimum atomic E-state index is -0.876. The molecule has 1 N–H and O–H groups in total. The zero-order valence-electron chi connectivity index (χ0n) is 13.8. The molecule has 4 nitrogen and oxygen atoms in total. The first-order valence-corrected chi connectivity index (χ1v) is 9.16. The number of rotatable bonds is 6. The van der Waals surface area contributed by atoms with Crippen LogP contribution in [0.2, 0.25) is 10.0 Å². The third kappa shape index (κ3) is 5.99. The fraction of sp³-hybridized carbons (Fsp3) is 0.556. The maximum Gasteiger partial charge on any atom is 0.306 e. The van der Waals surface area contributed by atoms with E-state index in [4.69, 9.17) is 27.9 Å². The number of carbonyl (C=O) groups excluding carboxylic acids is 2. The minimum Gasteiger partial charge on any atom is -0.453 e. The van der Waals surface area contributed by atoms with Crippen molar-refractivity contribution in [2.75, 3.05) is 5.32 Å². The molecule has 1 aromatic rings. The zero-order valence-corrected chi connectivity index (χ0v) is 15.3. The van der Waals surface area contributed by atoms with Crippen molar-refractivity contribution in [3.63, 3.8) is 0 Å². The molecule has 0 unspecified atom stereocenters. The van der Waals surface area contributed by atoms with Crippen molar-refractivity contribution in [2.45, 2.75) is 58.0 Å². The van der Waals surface area contributed by atoms with Crippen LogP contribution in [0, 0.1) is 5.92 Å². The van der Waals surface area contributed by atoms with E-state index in [9.17, 15) is 9.59 Å². The van der Waals surface area contributed by atoms with E-state index in [2.05, 4.69) is 5.32 Å². The first-order chi connectivity index (χ1) is 11.5. The highest BCUT2D eigenvalue weighted by molar-refractivity contribution is 6.35. The van der Waals surface area contributed by atoms with Gasteiger partial charge in [0.1, 0.15) is 0 Å². The Balaban J connectivity index is 1.77. The maximum absolute atomic E-state index is 12.1. The highest BCUT2D eigenvalue weighted by atomic mass is 35.5. The Kier molecular flexibility index (Phi) is 7.38. The molecule has 24 heavy (non-hydrogen) atoms. The van der Waals surface area contributed by atoms with Gasteiger partial charge in [0.15, 0.2) is 6.10 Å². The third-order valence-corrected chi connectivity index (χ3v) is 4.91. The number of benzene rings is 1. The largest absolute Gasteiger partial charge is 0.453 e. The van der Waals surface area contributed by atoms with E-state index in [0.29, 0.717) is 28.1 Å². The zero-order chi connectivity index (χ0) is 17.5. The van der Waals surface area contributed by atoms with Gasteiger partial charge in [0.05, 0.1) is 10.7 Å². The van der Waals surface area contributed by atoms with Crippen molar-refractivity contribution < 1.29 is 14.3 Å².